The fourth-order valence-corrected chi connectivity index (χ4v) is 6.27. The highest BCUT2D eigenvalue weighted by Gasteiger charge is 2.50. The van der Waals surface area contributed by atoms with Crippen molar-refractivity contribution in [2.24, 2.45) is 11.7 Å². The van der Waals surface area contributed by atoms with Crippen molar-refractivity contribution in [3.63, 3.8) is 0 Å². The summed E-state index contributed by atoms with van der Waals surface area (Å²) in [5, 5.41) is 14.7. The molecule has 0 saturated heterocycles. The molecule has 230 valence electrons. The Hall–Kier alpha value is -4.14. The molecule has 10 nitrogen and oxygen atoms in total. The van der Waals surface area contributed by atoms with Crippen LogP contribution in [0.5, 0.6) is 11.5 Å². The number of benzene rings is 2. The molecular weight excluding hydrogens is 623 g/mol. The molecule has 4 aromatic rings. The fraction of sp³-hybridized carbons (Fsp3) is 0.310. The van der Waals surface area contributed by atoms with Crippen molar-refractivity contribution >= 4 is 50.1 Å². The molecule has 6 rings (SSSR count). The van der Waals surface area contributed by atoms with Gasteiger partial charge in [-0.3, -0.25) is 9.59 Å². The second-order valence-corrected chi connectivity index (χ2v) is 12.4. The standard InChI is InChI=1S/C29H25ClF3N5O5S/c1-28(25(34)40)11-42-23-15(28)9-20(37-21(23)12-2-5-17(31)16(30)6-12)29(41,14-3-4-14)10-36-24(39)13-7-18(43-26(32)33)22-19(8-13)44-27(35)38-22/h2,5-9,14,26,41H,3-4,10-11H2,1H3,(H2,34,40)(H2,35,38)(H,36,39)/t28-,29+/m0/s1. The number of fused-ring (bicyclic) bond motifs is 2. The highest BCUT2D eigenvalue weighted by Crippen LogP contribution is 2.50. The van der Waals surface area contributed by atoms with Crippen molar-refractivity contribution < 1.29 is 37.3 Å². The number of alkyl halides is 2. The van der Waals surface area contributed by atoms with Gasteiger partial charge in [-0.1, -0.05) is 22.9 Å². The molecule has 3 heterocycles. The van der Waals surface area contributed by atoms with E-state index in [1.165, 1.54) is 24.3 Å². The van der Waals surface area contributed by atoms with Crippen LogP contribution in [0.2, 0.25) is 5.02 Å². The zero-order valence-corrected chi connectivity index (χ0v) is 24.6. The number of hydrogen-bond acceptors (Lipinski definition) is 9. The number of thiazole rings is 1. The molecule has 1 aliphatic carbocycles. The number of anilines is 1. The van der Waals surface area contributed by atoms with E-state index >= 15 is 0 Å². The van der Waals surface area contributed by atoms with Gasteiger partial charge in [-0.05, 0) is 62.1 Å². The first-order valence-electron chi connectivity index (χ1n) is 13.4. The number of amides is 2. The lowest BCUT2D eigenvalue weighted by Gasteiger charge is -2.30. The molecule has 1 fully saturated rings. The van der Waals surface area contributed by atoms with Gasteiger partial charge in [0.2, 0.25) is 5.91 Å². The molecular formula is C29H25ClF3N5O5S. The molecule has 1 aliphatic heterocycles. The maximum atomic E-state index is 14.0. The minimum absolute atomic E-state index is 0.0202. The predicted octanol–water partition coefficient (Wildman–Crippen LogP) is 4.50. The minimum Gasteiger partial charge on any atom is -0.489 e. The van der Waals surface area contributed by atoms with E-state index in [1.807, 2.05) is 0 Å². The second-order valence-electron chi connectivity index (χ2n) is 11.0. The quantitative estimate of drug-likeness (QED) is 0.206. The second kappa shape index (κ2) is 10.8. The van der Waals surface area contributed by atoms with Crippen molar-refractivity contribution in [1.29, 1.82) is 0 Å². The number of ether oxygens (including phenoxy) is 2. The van der Waals surface area contributed by atoms with Crippen LogP contribution in [-0.2, 0) is 15.8 Å². The lowest BCUT2D eigenvalue weighted by molar-refractivity contribution is -0.123. The molecule has 0 radical (unpaired) electrons. The molecule has 2 amide bonds. The van der Waals surface area contributed by atoms with E-state index < -0.39 is 35.3 Å². The van der Waals surface area contributed by atoms with E-state index in [0.717, 1.165) is 23.5 Å². The zero-order valence-electron chi connectivity index (χ0n) is 23.0. The summed E-state index contributed by atoms with van der Waals surface area (Å²) in [5.41, 5.74) is 9.64. The number of nitrogen functional groups attached to an aromatic ring is 1. The van der Waals surface area contributed by atoms with Gasteiger partial charge in [0.15, 0.2) is 10.9 Å². The summed E-state index contributed by atoms with van der Waals surface area (Å²) in [5.74, 6) is -2.40. The van der Waals surface area contributed by atoms with E-state index in [1.54, 1.807) is 6.92 Å². The lowest BCUT2D eigenvalue weighted by Crippen LogP contribution is -2.44. The van der Waals surface area contributed by atoms with Crippen LogP contribution in [0.15, 0.2) is 36.4 Å². The highest BCUT2D eigenvalue weighted by molar-refractivity contribution is 7.22. The van der Waals surface area contributed by atoms with Gasteiger partial charge >= 0.3 is 6.61 Å². The number of rotatable bonds is 9. The summed E-state index contributed by atoms with van der Waals surface area (Å²) in [7, 11) is 0. The van der Waals surface area contributed by atoms with Gasteiger partial charge in [0.1, 0.15) is 40.4 Å². The van der Waals surface area contributed by atoms with E-state index in [2.05, 4.69) is 15.0 Å². The Bertz CT molecular complexity index is 1840. The van der Waals surface area contributed by atoms with Crippen molar-refractivity contribution in [3.05, 3.63) is 64.1 Å². The van der Waals surface area contributed by atoms with Crippen molar-refractivity contribution in [1.82, 2.24) is 15.3 Å². The van der Waals surface area contributed by atoms with Gasteiger partial charge < -0.3 is 31.4 Å². The smallest absolute Gasteiger partial charge is 0.387 e. The summed E-state index contributed by atoms with van der Waals surface area (Å²) in [6, 6.07) is 8.05. The predicted molar refractivity (Wildman–Crippen MR) is 156 cm³/mol. The Labute approximate surface area is 257 Å². The van der Waals surface area contributed by atoms with E-state index in [9.17, 15) is 27.9 Å². The number of nitrogens with two attached hydrogens (primary N) is 2. The van der Waals surface area contributed by atoms with Crippen LogP contribution in [0.4, 0.5) is 18.3 Å². The summed E-state index contributed by atoms with van der Waals surface area (Å²) in [6.45, 7) is -1.97. The fourth-order valence-electron chi connectivity index (χ4n) is 5.30. The zero-order chi connectivity index (χ0) is 31.6. The van der Waals surface area contributed by atoms with Crippen molar-refractivity contribution in [3.8, 4) is 22.8 Å². The van der Waals surface area contributed by atoms with Crippen LogP contribution in [0.25, 0.3) is 21.5 Å². The first-order valence-corrected chi connectivity index (χ1v) is 14.6. The molecule has 2 aromatic carbocycles. The molecule has 0 spiro atoms. The Morgan fingerprint density at radius 1 is 1.27 bits per heavy atom. The average Bonchev–Trinajstić information content (AvgIpc) is 3.68. The number of nitrogens with zero attached hydrogens (tertiary/aromatic N) is 2. The number of aromatic nitrogens is 2. The number of pyridine rings is 1. The third-order valence-electron chi connectivity index (χ3n) is 7.98. The molecule has 1 saturated carbocycles. The largest absolute Gasteiger partial charge is 0.489 e. The van der Waals surface area contributed by atoms with Crippen LogP contribution in [-0.4, -0.2) is 46.7 Å². The lowest BCUT2D eigenvalue weighted by atomic mass is 9.81. The third kappa shape index (κ3) is 5.16. The molecule has 2 atom stereocenters. The molecule has 6 N–H and O–H groups in total. The molecule has 44 heavy (non-hydrogen) atoms. The number of nitrogens with one attached hydrogen (secondary N) is 1. The number of aliphatic hydroxyl groups is 1. The third-order valence-corrected chi connectivity index (χ3v) is 9.10. The van der Waals surface area contributed by atoms with Gasteiger partial charge in [0.25, 0.3) is 5.91 Å². The molecule has 0 bridgehead atoms. The highest BCUT2D eigenvalue weighted by atomic mass is 35.5. The number of halogens is 4. The van der Waals surface area contributed by atoms with Crippen molar-refractivity contribution in [2.75, 3.05) is 18.9 Å². The minimum atomic E-state index is -3.16. The Morgan fingerprint density at radius 2 is 2.02 bits per heavy atom. The van der Waals surface area contributed by atoms with Gasteiger partial charge in [-0.2, -0.15) is 8.78 Å². The number of carbonyl (C=O) groups excluding carboxylic acids is 2. The molecule has 2 aliphatic rings. The average molecular weight is 648 g/mol. The molecule has 0 unspecified atom stereocenters. The van der Waals surface area contributed by atoms with Crippen LogP contribution >= 0.6 is 22.9 Å². The first kappa shape index (κ1) is 29.9. The van der Waals surface area contributed by atoms with Crippen LogP contribution in [0, 0.1) is 11.7 Å². The van der Waals surface area contributed by atoms with Gasteiger partial charge in [-0.25, -0.2) is 14.4 Å². The first-order chi connectivity index (χ1) is 20.8. The van der Waals surface area contributed by atoms with E-state index in [0.29, 0.717) is 28.7 Å². The maximum Gasteiger partial charge on any atom is 0.387 e. The number of hydrogen-bond donors (Lipinski definition) is 4. The Morgan fingerprint density at radius 3 is 2.68 bits per heavy atom. The molecule has 2 aromatic heterocycles. The van der Waals surface area contributed by atoms with Gasteiger partial charge in [0.05, 0.1) is 22.0 Å². The number of primary amides is 1. The SMILES string of the molecule is C[C@]1(C(N)=O)COc2c1cc([C@@](O)(CNC(=O)c1cc(OC(F)F)c3nc(N)sc3c1)C1CC1)nc2-c1ccc(F)c(Cl)c1. The van der Waals surface area contributed by atoms with Crippen molar-refractivity contribution in [2.45, 2.75) is 37.4 Å². The maximum absolute atomic E-state index is 14.0. The monoisotopic (exact) mass is 647 g/mol. The Kier molecular flexibility index (Phi) is 7.33. The topological polar surface area (TPSA) is 163 Å². The Balaban J connectivity index is 1.39. The summed E-state index contributed by atoms with van der Waals surface area (Å²) in [4.78, 5) is 34.6. The van der Waals surface area contributed by atoms with Gasteiger partial charge in [0, 0.05) is 16.7 Å². The van der Waals surface area contributed by atoms with E-state index in [4.69, 9.17) is 32.8 Å². The van der Waals surface area contributed by atoms with Gasteiger partial charge in [-0.15, -0.1) is 0 Å². The summed E-state index contributed by atoms with van der Waals surface area (Å²) < 4.78 is 51.0. The number of carbonyl (C=O) groups is 2. The van der Waals surface area contributed by atoms with Crippen LogP contribution < -0.4 is 26.3 Å². The summed E-state index contributed by atoms with van der Waals surface area (Å²) >= 11 is 7.05. The van der Waals surface area contributed by atoms with Crippen LogP contribution in [0.3, 0.4) is 0 Å². The normalized spacial score (nSPS) is 19.0. The summed E-state index contributed by atoms with van der Waals surface area (Å²) in [6.07, 6.45) is 1.23. The molecule has 15 heteroatoms. The van der Waals surface area contributed by atoms with E-state index in [-0.39, 0.29) is 63.2 Å². The van der Waals surface area contributed by atoms with Crippen LogP contribution in [0.1, 0.15) is 41.4 Å².